The number of aromatic nitrogens is 1. The van der Waals surface area contributed by atoms with Gasteiger partial charge in [0.15, 0.2) is 5.58 Å². The molecule has 0 saturated carbocycles. The van der Waals surface area contributed by atoms with Crippen molar-refractivity contribution in [2.45, 2.75) is 13.5 Å². The van der Waals surface area contributed by atoms with Gasteiger partial charge in [-0.1, -0.05) is 36.4 Å². The molecular formula is C18H15NO3. The topological polar surface area (TPSA) is 52.3 Å². The van der Waals surface area contributed by atoms with E-state index in [1.165, 1.54) is 12.2 Å². The van der Waals surface area contributed by atoms with E-state index in [2.05, 4.69) is 4.98 Å². The van der Waals surface area contributed by atoms with Gasteiger partial charge in [0.2, 0.25) is 5.89 Å². The molecule has 110 valence electrons. The summed E-state index contributed by atoms with van der Waals surface area (Å²) in [6.45, 7) is 2.24. The molecule has 22 heavy (non-hydrogen) atoms. The number of oxazole rings is 1. The molecule has 0 aliphatic heterocycles. The molecule has 0 bridgehead atoms. The Morgan fingerprint density at radius 3 is 2.77 bits per heavy atom. The van der Waals surface area contributed by atoms with E-state index in [9.17, 15) is 4.79 Å². The van der Waals surface area contributed by atoms with Crippen molar-refractivity contribution in [3.8, 4) is 0 Å². The lowest BCUT2D eigenvalue weighted by Crippen LogP contribution is -2.01. The van der Waals surface area contributed by atoms with Crippen LogP contribution in [0.4, 0.5) is 0 Å². The lowest BCUT2D eigenvalue weighted by atomic mass is 10.1. The quantitative estimate of drug-likeness (QED) is 0.541. The fourth-order valence-electron chi connectivity index (χ4n) is 2.07. The highest BCUT2D eigenvalue weighted by molar-refractivity contribution is 5.86. The minimum atomic E-state index is -0.425. The first-order chi connectivity index (χ1) is 10.7. The average molecular weight is 293 g/mol. The van der Waals surface area contributed by atoms with Crippen LogP contribution in [0, 0.1) is 6.92 Å². The molecule has 1 aromatic heterocycles. The highest BCUT2D eigenvalue weighted by atomic mass is 16.5. The Morgan fingerprint density at radius 1 is 1.18 bits per heavy atom. The number of carbonyl (C=O) groups excluding carboxylic acids is 1. The zero-order valence-corrected chi connectivity index (χ0v) is 12.2. The summed E-state index contributed by atoms with van der Waals surface area (Å²) in [7, 11) is 0. The number of benzene rings is 2. The van der Waals surface area contributed by atoms with Crippen LogP contribution >= 0.6 is 0 Å². The van der Waals surface area contributed by atoms with E-state index in [0.29, 0.717) is 11.5 Å². The predicted octanol–water partition coefficient (Wildman–Crippen LogP) is 3.89. The SMILES string of the molecule is Cc1ccccc1COC(=O)/C=C/c1nc2ccccc2o1. The molecule has 0 fully saturated rings. The van der Waals surface area contributed by atoms with Gasteiger partial charge in [-0.25, -0.2) is 9.78 Å². The van der Waals surface area contributed by atoms with Gasteiger partial charge < -0.3 is 9.15 Å². The Labute approximate surface area is 128 Å². The van der Waals surface area contributed by atoms with Crippen molar-refractivity contribution < 1.29 is 13.9 Å². The first kappa shape index (κ1) is 14.1. The summed E-state index contributed by atoms with van der Waals surface area (Å²) in [4.78, 5) is 16.0. The molecule has 0 N–H and O–H groups in total. The van der Waals surface area contributed by atoms with Crippen LogP contribution in [-0.4, -0.2) is 11.0 Å². The van der Waals surface area contributed by atoms with Crippen molar-refractivity contribution in [2.75, 3.05) is 0 Å². The van der Waals surface area contributed by atoms with Crippen LogP contribution in [0.2, 0.25) is 0 Å². The second-order valence-electron chi connectivity index (χ2n) is 4.89. The predicted molar refractivity (Wildman–Crippen MR) is 84.0 cm³/mol. The van der Waals surface area contributed by atoms with Gasteiger partial charge in [-0.3, -0.25) is 0 Å². The van der Waals surface area contributed by atoms with Crippen LogP contribution < -0.4 is 0 Å². The summed E-state index contributed by atoms with van der Waals surface area (Å²) < 4.78 is 10.7. The largest absolute Gasteiger partial charge is 0.458 e. The van der Waals surface area contributed by atoms with Gasteiger partial charge >= 0.3 is 5.97 Å². The Hall–Kier alpha value is -2.88. The van der Waals surface area contributed by atoms with Crippen molar-refractivity contribution in [1.82, 2.24) is 4.98 Å². The lowest BCUT2D eigenvalue weighted by molar-refractivity contribution is -0.138. The molecule has 1 heterocycles. The third-order valence-corrected chi connectivity index (χ3v) is 3.30. The van der Waals surface area contributed by atoms with Gasteiger partial charge in [0.05, 0.1) is 0 Å². The van der Waals surface area contributed by atoms with Crippen LogP contribution in [0.25, 0.3) is 17.2 Å². The first-order valence-corrected chi connectivity index (χ1v) is 6.97. The van der Waals surface area contributed by atoms with Crippen molar-refractivity contribution in [2.24, 2.45) is 0 Å². The number of para-hydroxylation sites is 2. The number of rotatable bonds is 4. The van der Waals surface area contributed by atoms with Crippen LogP contribution in [0.3, 0.4) is 0 Å². The minimum absolute atomic E-state index is 0.253. The zero-order valence-electron chi connectivity index (χ0n) is 12.2. The zero-order chi connectivity index (χ0) is 15.4. The molecule has 0 unspecified atom stereocenters. The van der Waals surface area contributed by atoms with Crippen LogP contribution in [-0.2, 0) is 16.1 Å². The molecule has 0 radical (unpaired) electrons. The number of hydrogen-bond acceptors (Lipinski definition) is 4. The van der Waals surface area contributed by atoms with Crippen LogP contribution in [0.5, 0.6) is 0 Å². The molecular weight excluding hydrogens is 278 g/mol. The minimum Gasteiger partial charge on any atom is -0.458 e. The number of nitrogens with zero attached hydrogens (tertiary/aromatic N) is 1. The molecule has 3 rings (SSSR count). The molecule has 4 heteroatoms. The van der Waals surface area contributed by atoms with E-state index >= 15 is 0 Å². The van der Waals surface area contributed by atoms with Crippen molar-refractivity contribution in [1.29, 1.82) is 0 Å². The van der Waals surface area contributed by atoms with Crippen molar-refractivity contribution >= 4 is 23.1 Å². The number of esters is 1. The molecule has 2 aromatic carbocycles. The van der Waals surface area contributed by atoms with E-state index in [4.69, 9.17) is 9.15 Å². The summed E-state index contributed by atoms with van der Waals surface area (Å²) in [5.74, 6) is -0.0421. The smallest absolute Gasteiger partial charge is 0.331 e. The van der Waals surface area contributed by atoms with E-state index in [1.54, 1.807) is 0 Å². The van der Waals surface area contributed by atoms with Gasteiger partial charge in [-0.2, -0.15) is 0 Å². The molecule has 0 amide bonds. The Morgan fingerprint density at radius 2 is 1.95 bits per heavy atom. The fraction of sp³-hybridized carbons (Fsp3) is 0.111. The van der Waals surface area contributed by atoms with Gasteiger partial charge in [0.1, 0.15) is 12.1 Å². The van der Waals surface area contributed by atoms with Gasteiger partial charge in [-0.05, 0) is 30.2 Å². The lowest BCUT2D eigenvalue weighted by Gasteiger charge is -2.04. The molecule has 4 nitrogen and oxygen atoms in total. The maximum absolute atomic E-state index is 11.7. The molecule has 0 aliphatic rings. The highest BCUT2D eigenvalue weighted by Gasteiger charge is 2.04. The number of ether oxygens (including phenoxy) is 1. The summed E-state index contributed by atoms with van der Waals surface area (Å²) in [5, 5.41) is 0. The van der Waals surface area contributed by atoms with Crippen LogP contribution in [0.1, 0.15) is 17.0 Å². The van der Waals surface area contributed by atoms with Crippen molar-refractivity contribution in [3.63, 3.8) is 0 Å². The van der Waals surface area contributed by atoms with E-state index in [-0.39, 0.29) is 6.61 Å². The fourth-order valence-corrected chi connectivity index (χ4v) is 2.07. The highest BCUT2D eigenvalue weighted by Crippen LogP contribution is 2.15. The monoisotopic (exact) mass is 293 g/mol. The molecule has 0 spiro atoms. The number of aryl methyl sites for hydroxylation is 1. The number of carbonyl (C=O) groups is 1. The maximum Gasteiger partial charge on any atom is 0.331 e. The molecule has 3 aromatic rings. The summed E-state index contributed by atoms with van der Waals surface area (Å²) >= 11 is 0. The second-order valence-corrected chi connectivity index (χ2v) is 4.89. The van der Waals surface area contributed by atoms with Crippen LogP contribution in [0.15, 0.2) is 59.0 Å². The summed E-state index contributed by atoms with van der Waals surface area (Å²) in [6, 6.07) is 15.2. The average Bonchev–Trinajstić information content (AvgIpc) is 2.95. The molecule has 0 saturated heterocycles. The first-order valence-electron chi connectivity index (χ1n) is 6.97. The standard InChI is InChI=1S/C18H15NO3/c1-13-6-2-3-7-14(13)12-21-18(20)11-10-17-19-15-8-4-5-9-16(15)22-17/h2-11H,12H2,1H3/b11-10+. The van der Waals surface area contributed by atoms with E-state index < -0.39 is 5.97 Å². The van der Waals surface area contributed by atoms with Gasteiger partial charge in [0, 0.05) is 12.2 Å². The summed E-state index contributed by atoms with van der Waals surface area (Å²) in [6.07, 6.45) is 2.84. The Balaban J connectivity index is 1.62. The maximum atomic E-state index is 11.7. The van der Waals surface area contributed by atoms with Gasteiger partial charge in [-0.15, -0.1) is 0 Å². The normalized spacial score (nSPS) is 11.1. The Kier molecular flexibility index (Phi) is 4.01. The second kappa shape index (κ2) is 6.26. The van der Waals surface area contributed by atoms with E-state index in [1.807, 2.05) is 55.5 Å². The van der Waals surface area contributed by atoms with E-state index in [0.717, 1.165) is 16.6 Å². The Bertz CT molecular complexity index is 800. The molecule has 0 aliphatic carbocycles. The third kappa shape index (κ3) is 3.23. The molecule has 0 atom stereocenters. The summed E-state index contributed by atoms with van der Waals surface area (Å²) in [5.41, 5.74) is 3.54. The van der Waals surface area contributed by atoms with Crippen molar-refractivity contribution in [3.05, 3.63) is 71.6 Å². The van der Waals surface area contributed by atoms with Gasteiger partial charge in [0.25, 0.3) is 0 Å². The third-order valence-electron chi connectivity index (χ3n) is 3.30. The number of fused-ring (bicyclic) bond motifs is 1. The number of hydrogen-bond donors (Lipinski definition) is 0.